The Morgan fingerprint density at radius 2 is 2.00 bits per heavy atom. The van der Waals surface area contributed by atoms with Gasteiger partial charge < -0.3 is 19.8 Å². The molecular formula is C14H17FN4O2. The monoisotopic (exact) mass is 292 g/mol. The molecule has 1 aliphatic heterocycles. The minimum atomic E-state index is -0.984. The summed E-state index contributed by atoms with van der Waals surface area (Å²) in [4.78, 5) is 0. The molecule has 2 aromatic rings. The standard InChI is InChI=1S/C14H17FN4O2/c1-20-11-4-3-8(5-12(11)21-2)13-17-18-14-10(16)6-9(15)7-19(13)14/h3-5,9-10H,6-7,16H2,1-2H3. The molecule has 0 fully saturated rings. The highest BCUT2D eigenvalue weighted by Crippen LogP contribution is 2.34. The van der Waals surface area contributed by atoms with Gasteiger partial charge in [0, 0.05) is 12.0 Å². The molecule has 0 amide bonds. The fourth-order valence-electron chi connectivity index (χ4n) is 2.61. The van der Waals surface area contributed by atoms with Gasteiger partial charge in [0.15, 0.2) is 17.3 Å². The predicted molar refractivity (Wildman–Crippen MR) is 75.0 cm³/mol. The summed E-state index contributed by atoms with van der Waals surface area (Å²) in [5, 5.41) is 8.25. The van der Waals surface area contributed by atoms with Gasteiger partial charge in [-0.3, -0.25) is 0 Å². The molecule has 112 valence electrons. The number of hydrogen-bond donors (Lipinski definition) is 1. The van der Waals surface area contributed by atoms with Crippen molar-refractivity contribution in [1.82, 2.24) is 14.8 Å². The van der Waals surface area contributed by atoms with Crippen LogP contribution in [-0.4, -0.2) is 35.2 Å². The van der Waals surface area contributed by atoms with Crippen LogP contribution in [0.1, 0.15) is 18.3 Å². The summed E-state index contributed by atoms with van der Waals surface area (Å²) >= 11 is 0. The number of aromatic nitrogens is 3. The van der Waals surface area contributed by atoms with Crippen molar-refractivity contribution in [2.45, 2.75) is 25.2 Å². The zero-order chi connectivity index (χ0) is 15.0. The van der Waals surface area contributed by atoms with E-state index in [-0.39, 0.29) is 13.0 Å². The van der Waals surface area contributed by atoms with E-state index in [0.717, 1.165) is 5.56 Å². The number of fused-ring (bicyclic) bond motifs is 1. The fraction of sp³-hybridized carbons (Fsp3) is 0.429. The number of ether oxygens (including phenoxy) is 2. The highest BCUT2D eigenvalue weighted by molar-refractivity contribution is 5.61. The second kappa shape index (κ2) is 5.33. The maximum Gasteiger partial charge on any atom is 0.164 e. The second-order valence-electron chi connectivity index (χ2n) is 5.00. The van der Waals surface area contributed by atoms with Gasteiger partial charge >= 0.3 is 0 Å². The van der Waals surface area contributed by atoms with Crippen molar-refractivity contribution in [1.29, 1.82) is 0 Å². The largest absolute Gasteiger partial charge is 0.493 e. The molecule has 0 aliphatic carbocycles. The van der Waals surface area contributed by atoms with Gasteiger partial charge in [0.1, 0.15) is 12.0 Å². The molecule has 21 heavy (non-hydrogen) atoms. The van der Waals surface area contributed by atoms with Crippen LogP contribution < -0.4 is 15.2 Å². The van der Waals surface area contributed by atoms with Gasteiger partial charge in [-0.05, 0) is 18.2 Å². The fourth-order valence-corrected chi connectivity index (χ4v) is 2.61. The van der Waals surface area contributed by atoms with Crippen LogP contribution in [0.2, 0.25) is 0 Å². The van der Waals surface area contributed by atoms with Crippen molar-refractivity contribution in [3.05, 3.63) is 24.0 Å². The molecule has 0 spiro atoms. The Hall–Kier alpha value is -2.15. The van der Waals surface area contributed by atoms with Crippen LogP contribution in [0.5, 0.6) is 11.5 Å². The lowest BCUT2D eigenvalue weighted by atomic mass is 10.1. The van der Waals surface area contributed by atoms with Gasteiger partial charge in [0.25, 0.3) is 0 Å². The van der Waals surface area contributed by atoms with E-state index in [2.05, 4.69) is 10.2 Å². The molecule has 2 heterocycles. The van der Waals surface area contributed by atoms with Crippen molar-refractivity contribution in [2.75, 3.05) is 14.2 Å². The summed E-state index contributed by atoms with van der Waals surface area (Å²) in [5.74, 6) is 2.42. The molecule has 7 heteroatoms. The summed E-state index contributed by atoms with van der Waals surface area (Å²) in [6.07, 6.45) is -0.702. The number of methoxy groups -OCH3 is 2. The molecule has 0 saturated carbocycles. The number of nitrogens with zero attached hydrogens (tertiary/aromatic N) is 3. The molecule has 1 aromatic carbocycles. The minimum Gasteiger partial charge on any atom is -0.493 e. The van der Waals surface area contributed by atoms with Crippen molar-refractivity contribution in [3.8, 4) is 22.9 Å². The smallest absolute Gasteiger partial charge is 0.164 e. The Bertz CT molecular complexity index is 658. The number of rotatable bonds is 3. The zero-order valence-electron chi connectivity index (χ0n) is 11.9. The van der Waals surface area contributed by atoms with Crippen molar-refractivity contribution in [2.24, 2.45) is 5.73 Å². The zero-order valence-corrected chi connectivity index (χ0v) is 11.9. The minimum absolute atomic E-state index is 0.222. The molecule has 0 radical (unpaired) electrons. The summed E-state index contributed by atoms with van der Waals surface area (Å²) in [5.41, 5.74) is 6.71. The first-order valence-corrected chi connectivity index (χ1v) is 6.69. The molecule has 6 nitrogen and oxygen atoms in total. The third-order valence-corrected chi connectivity index (χ3v) is 3.64. The van der Waals surface area contributed by atoms with E-state index >= 15 is 0 Å². The molecule has 0 bridgehead atoms. The molecule has 1 aliphatic rings. The Morgan fingerprint density at radius 3 is 2.71 bits per heavy atom. The third kappa shape index (κ3) is 2.33. The highest BCUT2D eigenvalue weighted by atomic mass is 19.1. The first-order valence-electron chi connectivity index (χ1n) is 6.69. The molecule has 3 rings (SSSR count). The van der Waals surface area contributed by atoms with Gasteiger partial charge in [-0.15, -0.1) is 10.2 Å². The Kier molecular flexibility index (Phi) is 3.50. The third-order valence-electron chi connectivity index (χ3n) is 3.64. The van der Waals surface area contributed by atoms with E-state index < -0.39 is 12.2 Å². The average Bonchev–Trinajstić information content (AvgIpc) is 2.90. The van der Waals surface area contributed by atoms with Crippen LogP contribution >= 0.6 is 0 Å². The normalized spacial score (nSPS) is 21.0. The summed E-state index contributed by atoms with van der Waals surface area (Å²) in [6.45, 7) is 0.222. The van der Waals surface area contributed by atoms with E-state index in [0.29, 0.717) is 23.1 Å². The Labute approximate surface area is 121 Å². The number of alkyl halides is 1. The SMILES string of the molecule is COc1ccc(-c2nnc3n2CC(F)CC3N)cc1OC. The van der Waals surface area contributed by atoms with Crippen LogP contribution in [0.25, 0.3) is 11.4 Å². The molecule has 0 saturated heterocycles. The summed E-state index contributed by atoms with van der Waals surface area (Å²) in [6, 6.07) is 5.00. The van der Waals surface area contributed by atoms with Crippen molar-refractivity contribution < 1.29 is 13.9 Å². The van der Waals surface area contributed by atoms with Crippen LogP contribution in [0.4, 0.5) is 4.39 Å². The van der Waals surface area contributed by atoms with E-state index in [9.17, 15) is 4.39 Å². The van der Waals surface area contributed by atoms with Crippen molar-refractivity contribution in [3.63, 3.8) is 0 Å². The first kappa shape index (κ1) is 13.8. The Balaban J connectivity index is 2.06. The van der Waals surface area contributed by atoms with Crippen LogP contribution in [0.3, 0.4) is 0 Å². The number of halogens is 1. The summed E-state index contributed by atoms with van der Waals surface area (Å²) in [7, 11) is 3.14. The molecule has 2 unspecified atom stereocenters. The van der Waals surface area contributed by atoms with Crippen LogP contribution in [-0.2, 0) is 6.54 Å². The van der Waals surface area contributed by atoms with Crippen molar-refractivity contribution >= 4 is 0 Å². The first-order chi connectivity index (χ1) is 10.1. The van der Waals surface area contributed by atoms with Gasteiger partial charge in [0.05, 0.1) is 26.8 Å². The molecule has 2 atom stereocenters. The lowest BCUT2D eigenvalue weighted by Gasteiger charge is -2.23. The van der Waals surface area contributed by atoms with Gasteiger partial charge in [-0.1, -0.05) is 0 Å². The average molecular weight is 292 g/mol. The second-order valence-corrected chi connectivity index (χ2v) is 5.00. The molecule has 2 N–H and O–H groups in total. The quantitative estimate of drug-likeness (QED) is 0.932. The molecule has 1 aromatic heterocycles. The van der Waals surface area contributed by atoms with Crippen LogP contribution in [0, 0.1) is 0 Å². The van der Waals surface area contributed by atoms with Crippen LogP contribution in [0.15, 0.2) is 18.2 Å². The number of nitrogens with two attached hydrogens (primary N) is 1. The van der Waals surface area contributed by atoms with Gasteiger partial charge in [-0.25, -0.2) is 4.39 Å². The highest BCUT2D eigenvalue weighted by Gasteiger charge is 2.29. The predicted octanol–water partition coefficient (Wildman–Crippen LogP) is 1.70. The van der Waals surface area contributed by atoms with E-state index in [1.54, 1.807) is 30.9 Å². The molecular weight excluding hydrogens is 275 g/mol. The maximum absolute atomic E-state index is 13.7. The van der Waals surface area contributed by atoms with Gasteiger partial charge in [-0.2, -0.15) is 0 Å². The van der Waals surface area contributed by atoms with E-state index in [1.165, 1.54) is 0 Å². The number of hydrogen-bond acceptors (Lipinski definition) is 5. The lowest BCUT2D eigenvalue weighted by molar-refractivity contribution is 0.231. The summed E-state index contributed by atoms with van der Waals surface area (Å²) < 4.78 is 26.0. The maximum atomic E-state index is 13.7. The van der Waals surface area contributed by atoms with E-state index in [4.69, 9.17) is 15.2 Å². The van der Waals surface area contributed by atoms with E-state index in [1.807, 2.05) is 6.07 Å². The lowest BCUT2D eigenvalue weighted by Crippen LogP contribution is -2.29. The topological polar surface area (TPSA) is 75.2 Å². The van der Waals surface area contributed by atoms with Gasteiger partial charge in [0.2, 0.25) is 0 Å². The number of benzene rings is 1. The Morgan fingerprint density at radius 1 is 1.24 bits per heavy atom.